The van der Waals surface area contributed by atoms with Crippen LogP contribution in [0.25, 0.3) is 0 Å². The highest BCUT2D eigenvalue weighted by atomic mass is 32.2. The van der Waals surface area contributed by atoms with Crippen molar-refractivity contribution >= 4 is 21.6 Å². The van der Waals surface area contributed by atoms with E-state index in [1.807, 2.05) is 18.2 Å². The number of benzene rings is 2. The van der Waals surface area contributed by atoms with Crippen LogP contribution in [0.3, 0.4) is 0 Å². The van der Waals surface area contributed by atoms with Gasteiger partial charge >= 0.3 is 0 Å². The summed E-state index contributed by atoms with van der Waals surface area (Å²) in [6.45, 7) is 9.35. The number of para-hydroxylation sites is 2. The first-order chi connectivity index (χ1) is 15.9. The van der Waals surface area contributed by atoms with Crippen molar-refractivity contribution in [2.75, 3.05) is 64.4 Å². The third-order valence-electron chi connectivity index (χ3n) is 5.97. The number of amides is 1. The molecule has 0 atom stereocenters. The van der Waals surface area contributed by atoms with Gasteiger partial charge in [0.15, 0.2) is 0 Å². The monoisotopic (exact) mass is 474 g/mol. The molecule has 1 fully saturated rings. The molecule has 8 nitrogen and oxygen atoms in total. The fourth-order valence-electron chi connectivity index (χ4n) is 4.02. The van der Waals surface area contributed by atoms with E-state index in [-0.39, 0.29) is 10.8 Å². The average molecular weight is 475 g/mol. The number of carbonyl (C=O) groups is 1. The van der Waals surface area contributed by atoms with Gasteiger partial charge in [-0.25, -0.2) is 8.42 Å². The Hall–Kier alpha value is -2.62. The van der Waals surface area contributed by atoms with Crippen molar-refractivity contribution in [2.24, 2.45) is 0 Å². The summed E-state index contributed by atoms with van der Waals surface area (Å²) in [6.07, 6.45) is 0. The third kappa shape index (κ3) is 6.04. The average Bonchev–Trinajstić information content (AvgIpc) is 2.85. The van der Waals surface area contributed by atoms with Gasteiger partial charge in [0.25, 0.3) is 5.91 Å². The normalized spacial score (nSPS) is 15.0. The SMILES string of the molecule is CCN(CC)S(=O)(=O)c1ccc(C(=O)NCCN2CCN(c3ccccc3OC)CC2)cc1. The van der Waals surface area contributed by atoms with Crippen LogP contribution in [0.5, 0.6) is 5.75 Å². The number of nitrogens with one attached hydrogen (secondary N) is 1. The molecule has 3 rings (SSSR count). The summed E-state index contributed by atoms with van der Waals surface area (Å²) >= 11 is 0. The van der Waals surface area contributed by atoms with Gasteiger partial charge < -0.3 is 15.0 Å². The largest absolute Gasteiger partial charge is 0.495 e. The summed E-state index contributed by atoms with van der Waals surface area (Å²) in [4.78, 5) is 17.3. The van der Waals surface area contributed by atoms with Crippen LogP contribution in [0.2, 0.25) is 0 Å². The Morgan fingerprint density at radius 3 is 2.24 bits per heavy atom. The summed E-state index contributed by atoms with van der Waals surface area (Å²) in [5, 5.41) is 2.94. The second-order valence-electron chi connectivity index (χ2n) is 7.87. The molecule has 0 aliphatic carbocycles. The van der Waals surface area contributed by atoms with Crippen molar-refractivity contribution in [3.05, 3.63) is 54.1 Å². The van der Waals surface area contributed by atoms with E-state index < -0.39 is 10.0 Å². The quantitative estimate of drug-likeness (QED) is 0.569. The van der Waals surface area contributed by atoms with Crippen molar-refractivity contribution in [3.63, 3.8) is 0 Å². The van der Waals surface area contributed by atoms with Crippen LogP contribution in [0, 0.1) is 0 Å². The molecule has 9 heteroatoms. The molecule has 0 bridgehead atoms. The number of rotatable bonds is 10. The summed E-state index contributed by atoms with van der Waals surface area (Å²) < 4.78 is 32.0. The molecule has 1 amide bonds. The van der Waals surface area contributed by atoms with Crippen LogP contribution in [0.15, 0.2) is 53.4 Å². The number of hydrogen-bond acceptors (Lipinski definition) is 6. The minimum atomic E-state index is -3.52. The Bertz CT molecular complexity index is 1020. The summed E-state index contributed by atoms with van der Waals surface area (Å²) in [6, 6.07) is 14.2. The maximum Gasteiger partial charge on any atom is 0.251 e. The van der Waals surface area contributed by atoms with E-state index in [1.54, 1.807) is 33.1 Å². The molecule has 2 aromatic rings. The molecule has 180 valence electrons. The minimum absolute atomic E-state index is 0.200. The van der Waals surface area contributed by atoms with Gasteiger partial charge in [-0.05, 0) is 36.4 Å². The molecule has 1 aliphatic rings. The van der Waals surface area contributed by atoms with Gasteiger partial charge in [-0.15, -0.1) is 0 Å². The van der Waals surface area contributed by atoms with Crippen molar-refractivity contribution < 1.29 is 17.9 Å². The third-order valence-corrected chi connectivity index (χ3v) is 8.04. The van der Waals surface area contributed by atoms with Crippen molar-refractivity contribution in [2.45, 2.75) is 18.7 Å². The highest BCUT2D eigenvalue weighted by Gasteiger charge is 2.22. The van der Waals surface area contributed by atoms with Crippen LogP contribution < -0.4 is 15.0 Å². The van der Waals surface area contributed by atoms with Crippen molar-refractivity contribution in [1.29, 1.82) is 0 Å². The van der Waals surface area contributed by atoms with E-state index in [1.165, 1.54) is 16.4 Å². The van der Waals surface area contributed by atoms with E-state index in [4.69, 9.17) is 4.74 Å². The predicted molar refractivity (Wildman–Crippen MR) is 131 cm³/mol. The summed E-state index contributed by atoms with van der Waals surface area (Å²) in [5.74, 6) is 0.684. The lowest BCUT2D eigenvalue weighted by Crippen LogP contribution is -2.48. The Kier molecular flexibility index (Phi) is 8.71. The molecular weight excluding hydrogens is 440 g/mol. The molecule has 1 aliphatic heterocycles. The molecule has 1 N–H and O–H groups in total. The van der Waals surface area contributed by atoms with E-state index >= 15 is 0 Å². The smallest absolute Gasteiger partial charge is 0.251 e. The number of ether oxygens (including phenoxy) is 1. The Labute approximate surface area is 197 Å². The van der Waals surface area contributed by atoms with Gasteiger partial charge in [-0.2, -0.15) is 4.31 Å². The van der Waals surface area contributed by atoms with Crippen LogP contribution in [0.4, 0.5) is 5.69 Å². The number of hydrogen-bond donors (Lipinski definition) is 1. The summed E-state index contributed by atoms with van der Waals surface area (Å²) in [7, 11) is -1.83. The number of carbonyl (C=O) groups excluding carboxylic acids is 1. The summed E-state index contributed by atoms with van der Waals surface area (Å²) in [5.41, 5.74) is 1.56. The number of piperazine rings is 1. The molecule has 0 unspecified atom stereocenters. The van der Waals surface area contributed by atoms with E-state index in [2.05, 4.69) is 21.2 Å². The van der Waals surface area contributed by atoms with Crippen LogP contribution in [-0.4, -0.2) is 83.0 Å². The van der Waals surface area contributed by atoms with Crippen molar-refractivity contribution in [3.8, 4) is 5.75 Å². The molecule has 1 saturated heterocycles. The zero-order valence-corrected chi connectivity index (χ0v) is 20.5. The molecule has 1 heterocycles. The second kappa shape index (κ2) is 11.5. The van der Waals surface area contributed by atoms with Crippen LogP contribution >= 0.6 is 0 Å². The number of methoxy groups -OCH3 is 1. The van der Waals surface area contributed by atoms with Crippen LogP contribution in [0.1, 0.15) is 24.2 Å². The molecule has 2 aromatic carbocycles. The highest BCUT2D eigenvalue weighted by Crippen LogP contribution is 2.28. The fraction of sp³-hybridized carbons (Fsp3) is 0.458. The Morgan fingerprint density at radius 2 is 1.64 bits per heavy atom. The number of sulfonamides is 1. The number of nitrogens with zero attached hydrogens (tertiary/aromatic N) is 3. The van der Waals surface area contributed by atoms with Gasteiger partial charge in [0, 0.05) is 57.9 Å². The molecule has 33 heavy (non-hydrogen) atoms. The lowest BCUT2D eigenvalue weighted by atomic mass is 10.2. The lowest BCUT2D eigenvalue weighted by molar-refractivity contribution is 0.0947. The van der Waals surface area contributed by atoms with Gasteiger partial charge in [-0.3, -0.25) is 9.69 Å². The number of anilines is 1. The highest BCUT2D eigenvalue weighted by molar-refractivity contribution is 7.89. The van der Waals surface area contributed by atoms with E-state index in [0.29, 0.717) is 25.2 Å². The molecular formula is C24H34N4O4S. The molecule has 0 spiro atoms. The van der Waals surface area contributed by atoms with Gasteiger partial charge in [0.2, 0.25) is 10.0 Å². The van der Waals surface area contributed by atoms with E-state index in [9.17, 15) is 13.2 Å². The van der Waals surface area contributed by atoms with Gasteiger partial charge in [0.1, 0.15) is 5.75 Å². The zero-order valence-electron chi connectivity index (χ0n) is 19.7. The second-order valence-corrected chi connectivity index (χ2v) is 9.81. The van der Waals surface area contributed by atoms with Gasteiger partial charge in [0.05, 0.1) is 17.7 Å². The van der Waals surface area contributed by atoms with Gasteiger partial charge in [-0.1, -0.05) is 26.0 Å². The first-order valence-electron chi connectivity index (χ1n) is 11.4. The Balaban J connectivity index is 1.46. The lowest BCUT2D eigenvalue weighted by Gasteiger charge is -2.36. The standard InChI is InChI=1S/C24H34N4O4S/c1-4-28(5-2)33(30,31)21-12-10-20(11-13-21)24(29)25-14-15-26-16-18-27(19-17-26)22-8-6-7-9-23(22)32-3/h6-13H,4-5,14-19H2,1-3H3,(H,25,29). The topological polar surface area (TPSA) is 82.2 Å². The maximum atomic E-state index is 12.6. The first-order valence-corrected chi connectivity index (χ1v) is 12.8. The fourth-order valence-corrected chi connectivity index (χ4v) is 5.48. The van der Waals surface area contributed by atoms with Crippen molar-refractivity contribution in [1.82, 2.24) is 14.5 Å². The Morgan fingerprint density at radius 1 is 1.00 bits per heavy atom. The molecule has 0 aromatic heterocycles. The first kappa shape index (κ1) is 25.0. The zero-order chi connectivity index (χ0) is 23.8. The predicted octanol–water partition coefficient (Wildman–Crippen LogP) is 2.28. The van der Waals surface area contributed by atoms with E-state index in [0.717, 1.165) is 44.2 Å². The molecule has 0 saturated carbocycles. The van der Waals surface area contributed by atoms with Crippen LogP contribution in [-0.2, 0) is 10.0 Å². The maximum absolute atomic E-state index is 12.6. The molecule has 0 radical (unpaired) electrons. The minimum Gasteiger partial charge on any atom is -0.495 e.